The lowest BCUT2D eigenvalue weighted by molar-refractivity contribution is -0.118. The molecule has 0 aromatic heterocycles. The Morgan fingerprint density at radius 1 is 1.15 bits per heavy atom. The second-order valence-corrected chi connectivity index (χ2v) is 6.67. The fourth-order valence-electron chi connectivity index (χ4n) is 2.03. The summed E-state index contributed by atoms with van der Waals surface area (Å²) in [6, 6.07) is 12.1. The van der Waals surface area contributed by atoms with Crippen LogP contribution in [0.25, 0.3) is 0 Å². The molecule has 0 radical (unpaired) electrons. The van der Waals surface area contributed by atoms with Crippen LogP contribution in [0.4, 0.5) is 5.69 Å². The van der Waals surface area contributed by atoms with Gasteiger partial charge in [-0.3, -0.25) is 4.79 Å². The topological polar surface area (TPSA) is 132 Å². The van der Waals surface area contributed by atoms with Crippen molar-refractivity contribution in [2.24, 2.45) is 5.14 Å². The highest BCUT2D eigenvalue weighted by Gasteiger charge is 2.11. The number of primary sulfonamides is 1. The Labute approximate surface area is 151 Å². The minimum atomic E-state index is -3.78. The molecule has 8 nitrogen and oxygen atoms in total. The average molecular weight is 375 g/mol. The van der Waals surface area contributed by atoms with E-state index in [1.807, 2.05) is 6.07 Å². The number of nitriles is 1. The maximum atomic E-state index is 12.0. The summed E-state index contributed by atoms with van der Waals surface area (Å²) in [6.07, 6.45) is 0. The van der Waals surface area contributed by atoms with E-state index in [0.29, 0.717) is 29.4 Å². The summed E-state index contributed by atoms with van der Waals surface area (Å²) in [6.45, 7) is 1.89. The molecule has 0 aliphatic heterocycles. The molecule has 0 heterocycles. The second-order valence-electron chi connectivity index (χ2n) is 5.11. The number of anilines is 1. The van der Waals surface area contributed by atoms with Crippen LogP contribution >= 0.6 is 0 Å². The molecule has 2 aromatic rings. The maximum absolute atomic E-state index is 12.0. The van der Waals surface area contributed by atoms with Crippen LogP contribution in [-0.4, -0.2) is 27.5 Å². The van der Waals surface area contributed by atoms with Gasteiger partial charge in [0.15, 0.2) is 18.1 Å². The van der Waals surface area contributed by atoms with Gasteiger partial charge in [0.05, 0.1) is 23.1 Å². The quantitative estimate of drug-likeness (QED) is 0.756. The molecule has 2 rings (SSSR count). The maximum Gasteiger partial charge on any atom is 0.262 e. The molecular weight excluding hydrogens is 358 g/mol. The number of nitrogens with one attached hydrogen (secondary N) is 1. The minimum Gasteiger partial charge on any atom is -0.490 e. The van der Waals surface area contributed by atoms with E-state index >= 15 is 0 Å². The van der Waals surface area contributed by atoms with Crippen molar-refractivity contribution in [2.45, 2.75) is 11.8 Å². The Kier molecular flexibility index (Phi) is 6.16. The largest absolute Gasteiger partial charge is 0.490 e. The molecule has 0 bridgehead atoms. The molecule has 9 heteroatoms. The average Bonchev–Trinajstić information content (AvgIpc) is 2.60. The highest BCUT2D eigenvalue weighted by molar-refractivity contribution is 7.89. The van der Waals surface area contributed by atoms with Gasteiger partial charge >= 0.3 is 0 Å². The number of ether oxygens (including phenoxy) is 2. The first-order valence-corrected chi connectivity index (χ1v) is 9.10. The van der Waals surface area contributed by atoms with Crippen LogP contribution in [0.1, 0.15) is 12.5 Å². The van der Waals surface area contributed by atoms with Crippen LogP contribution < -0.4 is 19.9 Å². The molecule has 0 saturated heterocycles. The van der Waals surface area contributed by atoms with E-state index in [9.17, 15) is 13.2 Å². The van der Waals surface area contributed by atoms with Gasteiger partial charge in [-0.05, 0) is 43.3 Å². The van der Waals surface area contributed by atoms with Gasteiger partial charge in [0.1, 0.15) is 0 Å². The molecule has 0 fully saturated rings. The van der Waals surface area contributed by atoms with E-state index in [0.717, 1.165) is 0 Å². The van der Waals surface area contributed by atoms with Gasteiger partial charge in [-0.1, -0.05) is 0 Å². The molecule has 26 heavy (non-hydrogen) atoms. The fourth-order valence-corrected chi connectivity index (χ4v) is 2.55. The van der Waals surface area contributed by atoms with E-state index in [1.165, 1.54) is 30.3 Å². The van der Waals surface area contributed by atoms with E-state index in [4.69, 9.17) is 19.9 Å². The lowest BCUT2D eigenvalue weighted by atomic mass is 10.2. The number of carbonyl (C=O) groups excluding carboxylic acids is 1. The monoisotopic (exact) mass is 375 g/mol. The molecule has 0 saturated carbocycles. The number of amides is 1. The zero-order valence-corrected chi connectivity index (χ0v) is 14.7. The van der Waals surface area contributed by atoms with Crippen molar-refractivity contribution < 1.29 is 22.7 Å². The molecule has 0 atom stereocenters. The van der Waals surface area contributed by atoms with Gasteiger partial charge in [-0.25, -0.2) is 13.6 Å². The van der Waals surface area contributed by atoms with Crippen molar-refractivity contribution >= 4 is 21.6 Å². The Balaban J connectivity index is 2.00. The Morgan fingerprint density at radius 3 is 2.42 bits per heavy atom. The van der Waals surface area contributed by atoms with Gasteiger partial charge < -0.3 is 14.8 Å². The zero-order valence-electron chi connectivity index (χ0n) is 13.9. The Bertz CT molecular complexity index is 934. The van der Waals surface area contributed by atoms with Crippen LogP contribution in [0.15, 0.2) is 47.4 Å². The molecule has 2 aromatic carbocycles. The van der Waals surface area contributed by atoms with Crippen molar-refractivity contribution in [1.82, 2.24) is 0 Å². The molecular formula is C17H17N3O5S. The van der Waals surface area contributed by atoms with Gasteiger partial charge in [0, 0.05) is 11.8 Å². The number of carbonyl (C=O) groups is 1. The molecule has 0 unspecified atom stereocenters. The summed E-state index contributed by atoms with van der Waals surface area (Å²) in [5.74, 6) is 0.266. The van der Waals surface area contributed by atoms with E-state index in [-0.39, 0.29) is 11.5 Å². The highest BCUT2D eigenvalue weighted by atomic mass is 32.2. The van der Waals surface area contributed by atoms with E-state index in [2.05, 4.69) is 5.32 Å². The van der Waals surface area contributed by atoms with Crippen molar-refractivity contribution in [3.05, 3.63) is 48.0 Å². The zero-order chi connectivity index (χ0) is 19.2. The van der Waals surface area contributed by atoms with Crippen LogP contribution in [0.2, 0.25) is 0 Å². The first-order valence-electron chi connectivity index (χ1n) is 7.56. The van der Waals surface area contributed by atoms with Crippen molar-refractivity contribution in [1.29, 1.82) is 5.26 Å². The van der Waals surface area contributed by atoms with Crippen LogP contribution in [-0.2, 0) is 14.8 Å². The van der Waals surface area contributed by atoms with Crippen molar-refractivity contribution in [3.8, 4) is 17.6 Å². The third-order valence-electron chi connectivity index (χ3n) is 3.20. The molecule has 1 amide bonds. The standard InChI is InChI=1S/C17H17N3O5S/c1-2-24-16-9-12(10-18)3-8-15(16)25-11-17(21)20-13-4-6-14(7-5-13)26(19,22)23/h3-9H,2,11H2,1H3,(H,20,21)(H2,19,22,23). The number of hydrogen-bond acceptors (Lipinski definition) is 6. The summed E-state index contributed by atoms with van der Waals surface area (Å²) in [5, 5.41) is 16.5. The minimum absolute atomic E-state index is 0.0503. The van der Waals surface area contributed by atoms with E-state index < -0.39 is 15.9 Å². The van der Waals surface area contributed by atoms with Crippen molar-refractivity contribution in [3.63, 3.8) is 0 Å². The highest BCUT2D eigenvalue weighted by Crippen LogP contribution is 2.28. The molecule has 0 aliphatic rings. The third kappa shape index (κ3) is 5.20. The lowest BCUT2D eigenvalue weighted by Gasteiger charge is -2.12. The molecule has 0 aliphatic carbocycles. The number of nitrogens with two attached hydrogens (primary N) is 1. The normalized spacial score (nSPS) is 10.7. The van der Waals surface area contributed by atoms with E-state index in [1.54, 1.807) is 19.1 Å². The summed E-state index contributed by atoms with van der Waals surface area (Å²) in [4.78, 5) is 11.9. The van der Waals surface area contributed by atoms with Crippen molar-refractivity contribution in [2.75, 3.05) is 18.5 Å². The second kappa shape index (κ2) is 8.33. The number of hydrogen-bond donors (Lipinski definition) is 2. The van der Waals surface area contributed by atoms with Gasteiger partial charge in [0.25, 0.3) is 5.91 Å². The van der Waals surface area contributed by atoms with Gasteiger partial charge in [-0.15, -0.1) is 0 Å². The number of sulfonamides is 1. The molecule has 136 valence electrons. The van der Waals surface area contributed by atoms with Crippen LogP contribution in [0.3, 0.4) is 0 Å². The summed E-state index contributed by atoms with van der Waals surface area (Å²) in [7, 11) is -3.78. The molecule has 3 N–H and O–H groups in total. The number of nitrogens with zero attached hydrogens (tertiary/aromatic N) is 1. The fraction of sp³-hybridized carbons (Fsp3) is 0.176. The first-order chi connectivity index (χ1) is 12.3. The number of benzene rings is 2. The predicted octanol–water partition coefficient (Wildman–Crippen LogP) is 1.62. The Morgan fingerprint density at radius 2 is 1.85 bits per heavy atom. The summed E-state index contributed by atoms with van der Waals surface area (Å²) < 4.78 is 33.2. The van der Waals surface area contributed by atoms with Gasteiger partial charge in [-0.2, -0.15) is 5.26 Å². The van der Waals surface area contributed by atoms with Gasteiger partial charge in [0.2, 0.25) is 10.0 Å². The Hall–Kier alpha value is -3.09. The smallest absolute Gasteiger partial charge is 0.262 e. The predicted molar refractivity (Wildman–Crippen MR) is 94.3 cm³/mol. The summed E-state index contributed by atoms with van der Waals surface area (Å²) in [5.41, 5.74) is 0.816. The molecule has 0 spiro atoms. The van der Waals surface area contributed by atoms with Crippen LogP contribution in [0.5, 0.6) is 11.5 Å². The number of rotatable bonds is 7. The van der Waals surface area contributed by atoms with Crippen LogP contribution in [0, 0.1) is 11.3 Å². The SMILES string of the molecule is CCOc1cc(C#N)ccc1OCC(=O)Nc1ccc(S(N)(=O)=O)cc1. The third-order valence-corrected chi connectivity index (χ3v) is 4.13. The first kappa shape index (κ1) is 19.2. The summed E-state index contributed by atoms with van der Waals surface area (Å²) >= 11 is 0. The lowest BCUT2D eigenvalue weighted by Crippen LogP contribution is -2.20.